The van der Waals surface area contributed by atoms with E-state index in [0.29, 0.717) is 22.5 Å². The number of Topliss-reactive ketones (excluding diaryl/α,β-unsaturated/α-hetero) is 1. The van der Waals surface area contributed by atoms with Crippen molar-refractivity contribution in [3.05, 3.63) is 89.4 Å². The number of ether oxygens (including phenoxy) is 1. The van der Waals surface area contributed by atoms with Gasteiger partial charge in [0.25, 0.3) is 0 Å². The normalized spacial score (nSPS) is 13.8. The van der Waals surface area contributed by atoms with Crippen LogP contribution in [-0.4, -0.2) is 66.0 Å². The molecule has 1 fully saturated rings. The number of aromatic nitrogens is 3. The lowest BCUT2D eigenvalue weighted by atomic mass is 9.89. The molecule has 3 heterocycles. The largest absolute Gasteiger partial charge is 0.473 e. The van der Waals surface area contributed by atoms with Crippen molar-refractivity contribution in [1.29, 1.82) is 5.26 Å². The fourth-order valence-electron chi connectivity index (χ4n) is 5.22. The molecule has 10 heteroatoms. The molecule has 1 aliphatic heterocycles. The molecule has 0 unspecified atom stereocenters. The van der Waals surface area contributed by atoms with E-state index in [4.69, 9.17) is 27.8 Å². The number of benzene rings is 2. The van der Waals surface area contributed by atoms with E-state index in [9.17, 15) is 4.79 Å². The number of pyridine rings is 1. The van der Waals surface area contributed by atoms with Crippen molar-refractivity contribution in [1.82, 2.24) is 19.4 Å². The Morgan fingerprint density at radius 2 is 1.98 bits per heavy atom. The quantitative estimate of drug-likeness (QED) is 0.109. The lowest BCUT2D eigenvalue weighted by Crippen LogP contribution is -2.46. The molecule has 43 heavy (non-hydrogen) atoms. The van der Waals surface area contributed by atoms with Crippen LogP contribution >= 0.6 is 0 Å². The van der Waals surface area contributed by atoms with Gasteiger partial charge in [-0.1, -0.05) is 29.7 Å². The fourth-order valence-corrected chi connectivity index (χ4v) is 5.22. The number of allylic oxidation sites excluding steroid dienone is 1. The van der Waals surface area contributed by atoms with Crippen LogP contribution in [0.25, 0.3) is 11.0 Å². The number of unbranched alkanes of at least 4 members (excludes halogenated alkanes) is 1. The van der Waals surface area contributed by atoms with Crippen LogP contribution in [0.4, 0.5) is 5.82 Å². The third-order valence-electron chi connectivity index (χ3n) is 7.62. The van der Waals surface area contributed by atoms with Gasteiger partial charge in [-0.25, -0.2) is 4.98 Å². The number of aliphatic imine (C=N–C) groups is 1. The lowest BCUT2D eigenvalue weighted by Gasteiger charge is -2.35. The molecule has 2 radical (unpaired) electrons. The van der Waals surface area contributed by atoms with E-state index in [-0.39, 0.29) is 12.4 Å². The Kier molecular flexibility index (Phi) is 9.64. The Balaban J connectivity index is 1.22. The van der Waals surface area contributed by atoms with Crippen LogP contribution < -0.4 is 15.1 Å². The van der Waals surface area contributed by atoms with Gasteiger partial charge in [-0.2, -0.15) is 10.2 Å². The number of fused-ring (bicyclic) bond motifs is 1. The van der Waals surface area contributed by atoms with Gasteiger partial charge in [0.05, 0.1) is 29.2 Å². The van der Waals surface area contributed by atoms with E-state index in [0.717, 1.165) is 80.3 Å². The van der Waals surface area contributed by atoms with E-state index in [1.807, 2.05) is 48.5 Å². The van der Waals surface area contributed by atoms with E-state index in [1.54, 1.807) is 25.3 Å². The van der Waals surface area contributed by atoms with E-state index < -0.39 is 0 Å². The third kappa shape index (κ3) is 7.37. The van der Waals surface area contributed by atoms with Crippen LogP contribution in [0, 0.1) is 11.3 Å². The van der Waals surface area contributed by atoms with Gasteiger partial charge in [-0.05, 0) is 62.4 Å². The first-order valence-electron chi connectivity index (χ1n) is 14.4. The number of piperazine rings is 1. The molecule has 0 N–H and O–H groups in total. The minimum absolute atomic E-state index is 0.0498. The lowest BCUT2D eigenvalue weighted by molar-refractivity contribution is 0.101. The van der Waals surface area contributed by atoms with Crippen molar-refractivity contribution in [2.45, 2.75) is 39.5 Å². The van der Waals surface area contributed by atoms with Crippen molar-refractivity contribution < 1.29 is 9.53 Å². The molecule has 9 nitrogen and oxygen atoms in total. The van der Waals surface area contributed by atoms with Crippen LogP contribution in [0.3, 0.4) is 0 Å². The Hall–Kier alpha value is -4.75. The summed E-state index contributed by atoms with van der Waals surface area (Å²) >= 11 is 0. The number of hydrogen-bond donors (Lipinski definition) is 0. The van der Waals surface area contributed by atoms with Crippen LogP contribution in [-0.2, 0) is 19.7 Å². The smallest absolute Gasteiger partial charge is 0.215 e. The highest BCUT2D eigenvalue weighted by atomic mass is 16.5. The fraction of sp³-hybridized carbons (Fsp3) is 0.303. The average molecular weight is 571 g/mol. The van der Waals surface area contributed by atoms with Crippen LogP contribution in [0.1, 0.15) is 47.1 Å². The van der Waals surface area contributed by atoms with Crippen molar-refractivity contribution in [2.24, 2.45) is 4.99 Å². The first kappa shape index (κ1) is 29.7. The maximum absolute atomic E-state index is 12.1. The van der Waals surface area contributed by atoms with E-state index in [1.165, 1.54) is 0 Å². The second-order valence-electron chi connectivity index (χ2n) is 10.6. The number of aryl methyl sites for hydroxylation is 1. The summed E-state index contributed by atoms with van der Waals surface area (Å²) in [5, 5.41) is 9.05. The van der Waals surface area contributed by atoms with E-state index >= 15 is 0 Å². The first-order valence-corrected chi connectivity index (χ1v) is 14.4. The summed E-state index contributed by atoms with van der Waals surface area (Å²) in [4.78, 5) is 30.2. The number of anilines is 1. The predicted octanol–water partition coefficient (Wildman–Crippen LogP) is 4.20. The summed E-state index contributed by atoms with van der Waals surface area (Å²) in [7, 11) is 6.08. The molecule has 0 saturated carbocycles. The summed E-state index contributed by atoms with van der Waals surface area (Å²) in [6, 6.07) is 18.8. The van der Waals surface area contributed by atoms with Crippen LogP contribution in [0.2, 0.25) is 0 Å². The molecule has 2 aromatic heterocycles. The number of rotatable bonds is 12. The highest BCUT2D eigenvalue weighted by Gasteiger charge is 2.21. The number of ketones is 1. The van der Waals surface area contributed by atoms with Gasteiger partial charge in [-0.15, -0.1) is 0 Å². The predicted molar refractivity (Wildman–Crippen MR) is 170 cm³/mol. The van der Waals surface area contributed by atoms with Gasteiger partial charge in [0, 0.05) is 50.6 Å². The molecule has 4 aromatic rings. The minimum Gasteiger partial charge on any atom is -0.473 e. The average Bonchev–Trinajstić information content (AvgIpc) is 3.36. The number of nitrogens with zero attached hydrogens (tertiary/aromatic N) is 7. The molecule has 1 saturated heterocycles. The molecule has 0 spiro atoms. The summed E-state index contributed by atoms with van der Waals surface area (Å²) in [5.41, 5.74) is 4.47. The van der Waals surface area contributed by atoms with Crippen molar-refractivity contribution in [2.75, 3.05) is 31.1 Å². The second-order valence-corrected chi connectivity index (χ2v) is 10.6. The number of imidazole rings is 1. The highest BCUT2D eigenvalue weighted by Crippen LogP contribution is 2.23. The Morgan fingerprint density at radius 1 is 1.14 bits per heavy atom. The van der Waals surface area contributed by atoms with Crippen LogP contribution in [0.5, 0.6) is 5.88 Å². The minimum atomic E-state index is 0.0498. The summed E-state index contributed by atoms with van der Waals surface area (Å²) in [5.74, 6) is 2.46. The topological polar surface area (TPSA) is 99.6 Å². The SMILES string of the molecule is [B]c1cc(C#N)ccc1COc1cccc(N2CCN(Cc3nc4ccc(C(C)=O)cc4n3CCC/C=C\N=C)CC2)n1. The van der Waals surface area contributed by atoms with Gasteiger partial charge in [0.1, 0.15) is 26.1 Å². The number of carbonyl (C=O) groups excluding carboxylic acids is 1. The third-order valence-corrected chi connectivity index (χ3v) is 7.62. The number of hydrogen-bond acceptors (Lipinski definition) is 8. The Morgan fingerprint density at radius 3 is 2.72 bits per heavy atom. The zero-order chi connectivity index (χ0) is 30.2. The second kappa shape index (κ2) is 13.9. The Bertz CT molecular complexity index is 1680. The molecule has 1 aliphatic rings. The van der Waals surface area contributed by atoms with Gasteiger partial charge >= 0.3 is 0 Å². The monoisotopic (exact) mass is 571 g/mol. The first-order chi connectivity index (χ1) is 20.9. The van der Waals surface area contributed by atoms with E-state index in [2.05, 4.69) is 32.1 Å². The molecule has 0 bridgehead atoms. The summed E-state index contributed by atoms with van der Waals surface area (Å²) < 4.78 is 8.20. The van der Waals surface area contributed by atoms with Gasteiger partial charge in [0.15, 0.2) is 5.78 Å². The molecule has 5 rings (SSSR count). The maximum Gasteiger partial charge on any atom is 0.215 e. The number of carbonyl (C=O) groups is 1. The van der Waals surface area contributed by atoms with Crippen molar-refractivity contribution >= 4 is 42.7 Å². The van der Waals surface area contributed by atoms with Crippen LogP contribution in [0.15, 0.2) is 71.9 Å². The zero-order valence-electron chi connectivity index (χ0n) is 24.4. The molecular weight excluding hydrogens is 537 g/mol. The molecule has 0 atom stereocenters. The summed E-state index contributed by atoms with van der Waals surface area (Å²) in [6.07, 6.45) is 5.56. The molecule has 0 amide bonds. The van der Waals surface area contributed by atoms with Crippen molar-refractivity contribution in [3.8, 4) is 11.9 Å². The molecule has 2 aromatic carbocycles. The molecule has 0 aliphatic carbocycles. The van der Waals surface area contributed by atoms with Gasteiger partial charge in [0.2, 0.25) is 5.88 Å². The van der Waals surface area contributed by atoms with Crippen molar-refractivity contribution in [3.63, 3.8) is 0 Å². The van der Waals surface area contributed by atoms with Gasteiger partial charge < -0.3 is 14.2 Å². The van der Waals surface area contributed by atoms with Gasteiger partial charge in [-0.3, -0.25) is 14.7 Å². The summed E-state index contributed by atoms with van der Waals surface area (Å²) in [6.45, 7) is 10.3. The number of nitriles is 1. The molecule has 216 valence electrons. The molecular formula is C33H34BN7O2. The zero-order valence-corrected chi connectivity index (χ0v) is 24.4. The highest BCUT2D eigenvalue weighted by molar-refractivity contribution is 6.33. The maximum atomic E-state index is 12.1. The standard InChI is InChI=1S/C33H34BN7O2/c1-24(42)26-11-12-29-30(20-26)41(14-5-3-4-13-36-2)32(37-29)22-39-15-17-40(18-16-39)31-7-6-8-33(38-31)43-23-27-10-9-25(21-35)19-28(27)34/h4,6-13,19-20H,2-3,5,14-18,22-23H2,1H3/b13-4-. The Labute approximate surface area is 253 Å².